The molecule has 5 nitrogen and oxygen atoms in total. The van der Waals surface area contributed by atoms with Gasteiger partial charge in [-0.05, 0) is 38.4 Å². The number of aromatic nitrogens is 1. The quantitative estimate of drug-likeness (QED) is 0.585. The number of fused-ring (bicyclic) bond motifs is 1. The summed E-state index contributed by atoms with van der Waals surface area (Å²) in [7, 11) is 5.24. The van der Waals surface area contributed by atoms with Gasteiger partial charge in [0.2, 0.25) is 0 Å². The van der Waals surface area contributed by atoms with E-state index in [4.69, 9.17) is 16.3 Å². The highest BCUT2D eigenvalue weighted by Crippen LogP contribution is 2.39. The number of hydrogen-bond donors (Lipinski definition) is 0. The summed E-state index contributed by atoms with van der Waals surface area (Å²) in [5.74, 6) is -1.75. The van der Waals surface area contributed by atoms with E-state index in [0.717, 1.165) is 12.1 Å². The molecule has 0 aliphatic heterocycles. The molecule has 3 rings (SSSR count). The Morgan fingerprint density at radius 1 is 1.21 bits per heavy atom. The number of carbonyl (C=O) groups excluding carboxylic acids is 1. The van der Waals surface area contributed by atoms with Crippen LogP contribution in [0.15, 0.2) is 30.3 Å². The van der Waals surface area contributed by atoms with E-state index in [2.05, 4.69) is 4.98 Å². The molecule has 9 heteroatoms. The number of nitrogens with zero attached hydrogens (tertiary/aromatic N) is 3. The topological polar surface area (TPSA) is 45.7 Å². The number of thiazole rings is 1. The van der Waals surface area contributed by atoms with Gasteiger partial charge in [-0.3, -0.25) is 9.69 Å². The molecule has 0 unspecified atom stereocenters. The van der Waals surface area contributed by atoms with Gasteiger partial charge < -0.3 is 9.64 Å². The van der Waals surface area contributed by atoms with E-state index in [0.29, 0.717) is 38.7 Å². The molecule has 0 radical (unpaired) electrons. The van der Waals surface area contributed by atoms with Crippen LogP contribution in [0.2, 0.25) is 5.02 Å². The molecule has 0 bridgehead atoms. The standard InChI is InChI=1S/C19H18ClF2N3O2S/c1-24(2)8-9-25(18(26)12-5-4-11(21)10-14(12)22)19-23-16-15(27-3)7-6-13(20)17(16)28-19/h4-7,10H,8-9H2,1-3H3. The van der Waals surface area contributed by atoms with Crippen LogP contribution in [-0.4, -0.2) is 50.1 Å². The lowest BCUT2D eigenvalue weighted by Crippen LogP contribution is -2.37. The maximum atomic E-state index is 14.2. The highest BCUT2D eigenvalue weighted by atomic mass is 35.5. The fraction of sp³-hybridized carbons (Fsp3) is 0.263. The molecule has 28 heavy (non-hydrogen) atoms. The number of halogens is 3. The lowest BCUT2D eigenvalue weighted by atomic mass is 10.2. The molecule has 1 amide bonds. The molecule has 0 aliphatic rings. The van der Waals surface area contributed by atoms with Crippen LogP contribution in [0.1, 0.15) is 10.4 Å². The summed E-state index contributed by atoms with van der Waals surface area (Å²) in [5.41, 5.74) is 0.301. The van der Waals surface area contributed by atoms with E-state index >= 15 is 0 Å². The Morgan fingerprint density at radius 2 is 1.96 bits per heavy atom. The largest absolute Gasteiger partial charge is 0.494 e. The third kappa shape index (κ3) is 4.09. The number of benzene rings is 2. The molecule has 1 heterocycles. The summed E-state index contributed by atoms with van der Waals surface area (Å²) in [5, 5.41) is 0.837. The monoisotopic (exact) mass is 425 g/mol. The van der Waals surface area contributed by atoms with E-state index in [1.165, 1.54) is 23.3 Å². The molecular weight excluding hydrogens is 408 g/mol. The number of hydrogen-bond acceptors (Lipinski definition) is 5. The maximum Gasteiger partial charge on any atom is 0.263 e. The molecule has 0 spiro atoms. The van der Waals surface area contributed by atoms with Crippen LogP contribution >= 0.6 is 22.9 Å². The lowest BCUT2D eigenvalue weighted by Gasteiger charge is -2.22. The fourth-order valence-corrected chi connectivity index (χ4v) is 3.89. The first-order valence-corrected chi connectivity index (χ1v) is 9.56. The summed E-state index contributed by atoms with van der Waals surface area (Å²) in [4.78, 5) is 20.8. The molecule has 0 saturated carbocycles. The highest BCUT2D eigenvalue weighted by molar-refractivity contribution is 7.23. The van der Waals surface area contributed by atoms with Gasteiger partial charge >= 0.3 is 0 Å². The smallest absolute Gasteiger partial charge is 0.263 e. The van der Waals surface area contributed by atoms with Crippen LogP contribution in [0.3, 0.4) is 0 Å². The maximum absolute atomic E-state index is 14.2. The van der Waals surface area contributed by atoms with Crippen LogP contribution in [0.25, 0.3) is 10.2 Å². The molecule has 0 atom stereocenters. The van der Waals surface area contributed by atoms with Gasteiger partial charge in [0, 0.05) is 19.2 Å². The Labute approximate surface area is 170 Å². The number of ether oxygens (including phenoxy) is 1. The molecule has 148 valence electrons. The second-order valence-corrected chi connectivity index (χ2v) is 7.69. The molecule has 0 saturated heterocycles. The predicted molar refractivity (Wildman–Crippen MR) is 108 cm³/mol. The second kappa shape index (κ2) is 8.38. The normalized spacial score (nSPS) is 11.2. The van der Waals surface area contributed by atoms with Gasteiger partial charge in [-0.15, -0.1) is 0 Å². The van der Waals surface area contributed by atoms with Crippen molar-refractivity contribution in [3.05, 3.63) is 52.6 Å². The van der Waals surface area contributed by atoms with E-state index in [9.17, 15) is 13.6 Å². The van der Waals surface area contributed by atoms with E-state index < -0.39 is 17.5 Å². The van der Waals surface area contributed by atoms with Crippen LogP contribution in [0, 0.1) is 11.6 Å². The average Bonchev–Trinajstić information content (AvgIpc) is 3.08. The minimum absolute atomic E-state index is 0.225. The van der Waals surface area contributed by atoms with Gasteiger partial charge in [0.15, 0.2) is 5.13 Å². The fourth-order valence-electron chi connectivity index (χ4n) is 2.61. The zero-order valence-corrected chi connectivity index (χ0v) is 17.1. The van der Waals surface area contributed by atoms with Gasteiger partial charge in [-0.2, -0.15) is 0 Å². The number of likely N-dealkylation sites (N-methyl/N-ethyl adjacent to an activating group) is 1. The summed E-state index contributed by atoms with van der Waals surface area (Å²) >= 11 is 7.48. The minimum Gasteiger partial charge on any atom is -0.494 e. The average molecular weight is 426 g/mol. The van der Waals surface area contributed by atoms with Gasteiger partial charge in [-0.25, -0.2) is 13.8 Å². The Kier molecular flexibility index (Phi) is 6.12. The number of rotatable bonds is 6. The van der Waals surface area contributed by atoms with Crippen molar-refractivity contribution in [2.24, 2.45) is 0 Å². The Hall–Kier alpha value is -2.29. The van der Waals surface area contributed by atoms with Gasteiger partial charge in [0.25, 0.3) is 5.91 Å². The zero-order chi connectivity index (χ0) is 20.4. The van der Waals surface area contributed by atoms with E-state index in [-0.39, 0.29) is 12.1 Å². The highest BCUT2D eigenvalue weighted by Gasteiger charge is 2.25. The second-order valence-electron chi connectivity index (χ2n) is 6.31. The number of carbonyl (C=O) groups is 1. The number of anilines is 1. The molecule has 0 aliphatic carbocycles. The van der Waals surface area contributed by atoms with Crippen molar-refractivity contribution in [1.82, 2.24) is 9.88 Å². The number of methoxy groups -OCH3 is 1. The summed E-state index contributed by atoms with van der Waals surface area (Å²) in [6.07, 6.45) is 0. The molecular formula is C19H18ClF2N3O2S. The van der Waals surface area contributed by atoms with E-state index in [1.54, 1.807) is 12.1 Å². The molecule has 2 aromatic carbocycles. The summed E-state index contributed by atoms with van der Waals surface area (Å²) < 4.78 is 33.4. The molecule has 0 N–H and O–H groups in total. The Balaban J connectivity index is 2.08. The molecule has 3 aromatic rings. The van der Waals surface area contributed by atoms with Gasteiger partial charge in [0.1, 0.15) is 22.9 Å². The van der Waals surface area contributed by atoms with Crippen molar-refractivity contribution in [2.45, 2.75) is 0 Å². The first-order valence-electron chi connectivity index (χ1n) is 8.36. The zero-order valence-electron chi connectivity index (χ0n) is 15.5. The van der Waals surface area contributed by atoms with Gasteiger partial charge in [-0.1, -0.05) is 22.9 Å². The van der Waals surface area contributed by atoms with Gasteiger partial charge in [0.05, 0.1) is 22.4 Å². The summed E-state index contributed by atoms with van der Waals surface area (Å²) in [6, 6.07) is 6.26. The minimum atomic E-state index is -0.920. The Morgan fingerprint density at radius 3 is 2.61 bits per heavy atom. The van der Waals surface area contributed by atoms with Crippen molar-refractivity contribution in [3.63, 3.8) is 0 Å². The third-order valence-electron chi connectivity index (χ3n) is 4.08. The van der Waals surface area contributed by atoms with Crippen molar-refractivity contribution in [2.75, 3.05) is 39.2 Å². The van der Waals surface area contributed by atoms with Crippen molar-refractivity contribution < 1.29 is 18.3 Å². The van der Waals surface area contributed by atoms with Crippen molar-refractivity contribution >= 4 is 44.2 Å². The molecule has 1 aromatic heterocycles. The van der Waals surface area contributed by atoms with Crippen LogP contribution < -0.4 is 9.64 Å². The summed E-state index contributed by atoms with van der Waals surface area (Å²) in [6.45, 7) is 0.789. The van der Waals surface area contributed by atoms with Crippen LogP contribution in [-0.2, 0) is 0 Å². The Bertz CT molecular complexity index is 1030. The first-order chi connectivity index (χ1) is 13.3. The lowest BCUT2D eigenvalue weighted by molar-refractivity contribution is 0.0981. The predicted octanol–water partition coefficient (Wildman–Crippen LogP) is 4.44. The molecule has 0 fully saturated rings. The SMILES string of the molecule is COc1ccc(Cl)c2sc(N(CCN(C)C)C(=O)c3ccc(F)cc3F)nc12. The first kappa shape index (κ1) is 20.4. The van der Waals surface area contributed by atoms with Crippen LogP contribution in [0.4, 0.5) is 13.9 Å². The van der Waals surface area contributed by atoms with Crippen molar-refractivity contribution in [3.8, 4) is 5.75 Å². The van der Waals surface area contributed by atoms with Crippen LogP contribution in [0.5, 0.6) is 5.75 Å². The number of amides is 1. The van der Waals surface area contributed by atoms with E-state index in [1.807, 2.05) is 19.0 Å². The van der Waals surface area contributed by atoms with Crippen molar-refractivity contribution in [1.29, 1.82) is 0 Å². The third-order valence-corrected chi connectivity index (χ3v) is 5.61.